The largest absolute Gasteiger partial charge is 0.381 e. The Labute approximate surface area is 56.4 Å². The summed E-state index contributed by atoms with van der Waals surface area (Å²) in [5, 5.41) is 0. The van der Waals surface area contributed by atoms with Gasteiger partial charge in [0.1, 0.15) is 0 Å². The fourth-order valence-corrected chi connectivity index (χ4v) is 1.97. The second kappa shape index (κ2) is 2.30. The molecule has 3 aliphatic rings. The van der Waals surface area contributed by atoms with Crippen LogP contribution in [0, 0.1) is 11.8 Å². The van der Waals surface area contributed by atoms with Crippen LogP contribution in [0.15, 0.2) is 0 Å². The van der Waals surface area contributed by atoms with Crippen LogP contribution in [0.4, 0.5) is 0 Å². The first kappa shape index (κ1) is 5.72. The lowest BCUT2D eigenvalue weighted by Gasteiger charge is -2.20. The van der Waals surface area contributed by atoms with Gasteiger partial charge in [-0.3, -0.25) is 0 Å². The smallest absolute Gasteiger partial charge is 0.0494 e. The van der Waals surface area contributed by atoms with Crippen molar-refractivity contribution in [2.24, 2.45) is 11.8 Å². The number of rotatable bonds is 0. The standard InChI is InChI=1S/C8H14O/c1-2-8-4-3-7(1)5-9-6-8/h7-8H,1-6H2. The van der Waals surface area contributed by atoms with Crippen LogP contribution in [-0.4, -0.2) is 13.2 Å². The van der Waals surface area contributed by atoms with Gasteiger partial charge in [0, 0.05) is 13.2 Å². The zero-order valence-electron chi connectivity index (χ0n) is 5.81. The van der Waals surface area contributed by atoms with E-state index in [-0.39, 0.29) is 0 Å². The van der Waals surface area contributed by atoms with Gasteiger partial charge in [0.25, 0.3) is 0 Å². The predicted octanol–water partition coefficient (Wildman–Crippen LogP) is 1.82. The van der Waals surface area contributed by atoms with Gasteiger partial charge < -0.3 is 4.74 Å². The summed E-state index contributed by atoms with van der Waals surface area (Å²) in [5.41, 5.74) is 0. The summed E-state index contributed by atoms with van der Waals surface area (Å²) >= 11 is 0. The summed E-state index contributed by atoms with van der Waals surface area (Å²) in [4.78, 5) is 0. The molecule has 2 saturated heterocycles. The average molecular weight is 126 g/mol. The van der Waals surface area contributed by atoms with E-state index in [1.54, 1.807) is 0 Å². The third-order valence-electron chi connectivity index (χ3n) is 2.67. The highest BCUT2D eigenvalue weighted by molar-refractivity contribution is 4.75. The molecule has 0 amide bonds. The fourth-order valence-electron chi connectivity index (χ4n) is 1.97. The average Bonchev–Trinajstić information content (AvgIpc) is 2.21. The Morgan fingerprint density at radius 1 is 0.778 bits per heavy atom. The summed E-state index contributed by atoms with van der Waals surface area (Å²) in [6, 6.07) is 0. The summed E-state index contributed by atoms with van der Waals surface area (Å²) in [6.45, 7) is 2.10. The number of fused-ring (bicyclic) bond motifs is 4. The van der Waals surface area contributed by atoms with Gasteiger partial charge in [-0.25, -0.2) is 0 Å². The molecule has 1 heteroatoms. The molecule has 1 aliphatic carbocycles. The second-order valence-electron chi connectivity index (χ2n) is 3.42. The third-order valence-corrected chi connectivity index (χ3v) is 2.67. The molecule has 0 spiro atoms. The highest BCUT2D eigenvalue weighted by Gasteiger charge is 2.24. The first-order chi connectivity index (χ1) is 4.45. The van der Waals surface area contributed by atoms with Crippen molar-refractivity contribution >= 4 is 0 Å². The molecule has 0 radical (unpaired) electrons. The van der Waals surface area contributed by atoms with Crippen LogP contribution in [0.3, 0.4) is 0 Å². The molecule has 3 rings (SSSR count). The maximum atomic E-state index is 5.48. The lowest BCUT2D eigenvalue weighted by atomic mass is 9.84. The molecular weight excluding hydrogens is 112 g/mol. The molecule has 0 aromatic heterocycles. The first-order valence-electron chi connectivity index (χ1n) is 4.03. The van der Waals surface area contributed by atoms with Crippen LogP contribution in [0.5, 0.6) is 0 Å². The van der Waals surface area contributed by atoms with E-state index in [0.717, 1.165) is 25.0 Å². The summed E-state index contributed by atoms with van der Waals surface area (Å²) in [6.07, 6.45) is 5.74. The van der Waals surface area contributed by atoms with Crippen molar-refractivity contribution in [2.75, 3.05) is 13.2 Å². The van der Waals surface area contributed by atoms with Crippen molar-refractivity contribution in [2.45, 2.75) is 25.7 Å². The first-order valence-corrected chi connectivity index (χ1v) is 4.03. The van der Waals surface area contributed by atoms with Gasteiger partial charge in [0.15, 0.2) is 0 Å². The Kier molecular flexibility index (Phi) is 1.46. The van der Waals surface area contributed by atoms with Crippen molar-refractivity contribution < 1.29 is 4.74 Å². The van der Waals surface area contributed by atoms with E-state index in [9.17, 15) is 0 Å². The van der Waals surface area contributed by atoms with E-state index in [0.29, 0.717) is 0 Å². The van der Waals surface area contributed by atoms with Crippen molar-refractivity contribution in [3.8, 4) is 0 Å². The molecule has 0 aromatic rings. The molecule has 0 unspecified atom stereocenters. The van der Waals surface area contributed by atoms with E-state index in [1.165, 1.54) is 25.7 Å². The molecule has 52 valence electrons. The number of ether oxygens (including phenoxy) is 1. The molecule has 1 nitrogen and oxygen atoms in total. The molecule has 2 aliphatic heterocycles. The van der Waals surface area contributed by atoms with E-state index < -0.39 is 0 Å². The van der Waals surface area contributed by atoms with Crippen LogP contribution < -0.4 is 0 Å². The Bertz CT molecular complexity index is 75.2. The lowest BCUT2D eigenvalue weighted by molar-refractivity contribution is 0.115. The minimum atomic E-state index is 0.920. The molecule has 2 bridgehead atoms. The molecule has 2 heterocycles. The predicted molar refractivity (Wildman–Crippen MR) is 36.3 cm³/mol. The molecular formula is C8H14O. The Morgan fingerprint density at radius 2 is 1.22 bits per heavy atom. The fraction of sp³-hybridized carbons (Fsp3) is 1.00. The SMILES string of the molecule is C1CC2CCC1COC2. The minimum absolute atomic E-state index is 0.920. The van der Waals surface area contributed by atoms with Gasteiger partial charge in [-0.15, -0.1) is 0 Å². The van der Waals surface area contributed by atoms with Crippen LogP contribution in [0.25, 0.3) is 0 Å². The zero-order valence-corrected chi connectivity index (χ0v) is 5.81. The zero-order chi connectivity index (χ0) is 6.10. The molecule has 0 N–H and O–H groups in total. The van der Waals surface area contributed by atoms with Gasteiger partial charge in [-0.2, -0.15) is 0 Å². The normalized spacial score (nSPS) is 42.7. The Morgan fingerprint density at radius 3 is 1.67 bits per heavy atom. The highest BCUT2D eigenvalue weighted by Crippen LogP contribution is 2.32. The van der Waals surface area contributed by atoms with Gasteiger partial charge in [-0.05, 0) is 37.5 Å². The van der Waals surface area contributed by atoms with Crippen molar-refractivity contribution in [3.63, 3.8) is 0 Å². The molecule has 9 heavy (non-hydrogen) atoms. The summed E-state index contributed by atoms with van der Waals surface area (Å²) < 4.78 is 5.48. The van der Waals surface area contributed by atoms with E-state index >= 15 is 0 Å². The maximum Gasteiger partial charge on any atom is 0.0494 e. The second-order valence-corrected chi connectivity index (χ2v) is 3.42. The third kappa shape index (κ3) is 1.11. The summed E-state index contributed by atoms with van der Waals surface area (Å²) in [7, 11) is 0. The molecule has 0 atom stereocenters. The van der Waals surface area contributed by atoms with Gasteiger partial charge >= 0.3 is 0 Å². The lowest BCUT2D eigenvalue weighted by Crippen LogP contribution is -2.11. The van der Waals surface area contributed by atoms with Gasteiger partial charge in [0.05, 0.1) is 0 Å². The van der Waals surface area contributed by atoms with E-state index in [1.807, 2.05) is 0 Å². The van der Waals surface area contributed by atoms with E-state index in [4.69, 9.17) is 4.74 Å². The summed E-state index contributed by atoms with van der Waals surface area (Å²) in [5.74, 6) is 1.84. The maximum absolute atomic E-state index is 5.48. The van der Waals surface area contributed by atoms with Gasteiger partial charge in [-0.1, -0.05) is 0 Å². The van der Waals surface area contributed by atoms with Gasteiger partial charge in [0.2, 0.25) is 0 Å². The minimum Gasteiger partial charge on any atom is -0.381 e. The number of hydrogen-bond acceptors (Lipinski definition) is 1. The molecule has 1 saturated carbocycles. The quantitative estimate of drug-likeness (QED) is 0.481. The van der Waals surface area contributed by atoms with Crippen molar-refractivity contribution in [1.82, 2.24) is 0 Å². The highest BCUT2D eigenvalue weighted by atomic mass is 16.5. The molecule has 3 fully saturated rings. The Hall–Kier alpha value is -0.0400. The van der Waals surface area contributed by atoms with Crippen LogP contribution in [0.1, 0.15) is 25.7 Å². The monoisotopic (exact) mass is 126 g/mol. The molecule has 0 aromatic carbocycles. The van der Waals surface area contributed by atoms with Crippen LogP contribution in [0.2, 0.25) is 0 Å². The van der Waals surface area contributed by atoms with Crippen LogP contribution in [-0.2, 0) is 4.74 Å². The van der Waals surface area contributed by atoms with Crippen molar-refractivity contribution in [1.29, 1.82) is 0 Å². The topological polar surface area (TPSA) is 9.23 Å². The number of hydrogen-bond donors (Lipinski definition) is 0. The van der Waals surface area contributed by atoms with Crippen LogP contribution >= 0.6 is 0 Å². The Balaban J connectivity index is 2.03. The van der Waals surface area contributed by atoms with Crippen molar-refractivity contribution in [3.05, 3.63) is 0 Å². The van der Waals surface area contributed by atoms with E-state index in [2.05, 4.69) is 0 Å².